The first-order chi connectivity index (χ1) is 16.9. The SMILES string of the molecule is CCOC(=O)C1=C(C)N=c2s/c(=C\Nc3ccc(Br)cc3)c(=O)n2[C@H]1c1ccc(OC)c(OC)c1. The van der Waals surface area contributed by atoms with E-state index in [1.165, 1.54) is 23.0 Å². The number of carbonyl (C=O) groups excluding carboxylic acids is 1. The molecule has 4 rings (SSSR count). The number of allylic oxidation sites excluding steroid dienone is 1. The third-order valence-electron chi connectivity index (χ3n) is 5.45. The summed E-state index contributed by atoms with van der Waals surface area (Å²) in [6.07, 6.45) is 1.65. The Morgan fingerprint density at radius 2 is 1.89 bits per heavy atom. The van der Waals surface area contributed by atoms with Gasteiger partial charge in [0.25, 0.3) is 5.56 Å². The average Bonchev–Trinajstić information content (AvgIpc) is 3.17. The fraction of sp³-hybridized carbons (Fsp3) is 0.240. The minimum atomic E-state index is -0.736. The Kier molecular flexibility index (Phi) is 7.42. The summed E-state index contributed by atoms with van der Waals surface area (Å²) < 4.78 is 19.1. The van der Waals surface area contributed by atoms with Gasteiger partial charge in [-0.1, -0.05) is 33.3 Å². The van der Waals surface area contributed by atoms with Crippen LogP contribution in [0.25, 0.3) is 6.20 Å². The summed E-state index contributed by atoms with van der Waals surface area (Å²) >= 11 is 4.66. The number of nitrogens with one attached hydrogen (secondary N) is 1. The normalized spacial score (nSPS) is 15.3. The van der Waals surface area contributed by atoms with E-state index in [-0.39, 0.29) is 12.2 Å². The molecule has 35 heavy (non-hydrogen) atoms. The van der Waals surface area contributed by atoms with Gasteiger partial charge in [-0.15, -0.1) is 0 Å². The van der Waals surface area contributed by atoms with Crippen molar-refractivity contribution in [3.05, 3.63) is 83.5 Å². The van der Waals surface area contributed by atoms with Crippen LogP contribution in [0, 0.1) is 0 Å². The summed E-state index contributed by atoms with van der Waals surface area (Å²) in [6, 6.07) is 12.2. The van der Waals surface area contributed by atoms with Crippen LogP contribution in [0.5, 0.6) is 11.5 Å². The second-order valence-electron chi connectivity index (χ2n) is 7.57. The van der Waals surface area contributed by atoms with E-state index in [0.717, 1.165) is 10.2 Å². The van der Waals surface area contributed by atoms with E-state index in [9.17, 15) is 9.59 Å². The molecule has 1 N–H and O–H groups in total. The van der Waals surface area contributed by atoms with Crippen LogP contribution >= 0.6 is 27.3 Å². The van der Waals surface area contributed by atoms with Crippen LogP contribution in [0.4, 0.5) is 5.69 Å². The highest BCUT2D eigenvalue weighted by Gasteiger charge is 2.33. The number of rotatable bonds is 7. The quantitative estimate of drug-likeness (QED) is 0.446. The lowest BCUT2D eigenvalue weighted by atomic mass is 9.95. The van der Waals surface area contributed by atoms with E-state index >= 15 is 0 Å². The Balaban J connectivity index is 1.88. The number of fused-ring (bicyclic) bond motifs is 1. The molecule has 0 aliphatic carbocycles. The Bertz CT molecular complexity index is 1470. The molecular weight excluding hydrogens is 534 g/mol. The molecule has 10 heteroatoms. The monoisotopic (exact) mass is 557 g/mol. The van der Waals surface area contributed by atoms with Crippen molar-refractivity contribution >= 4 is 45.1 Å². The van der Waals surface area contributed by atoms with Crippen molar-refractivity contribution < 1.29 is 19.0 Å². The van der Waals surface area contributed by atoms with Crippen LogP contribution in [0.1, 0.15) is 25.5 Å². The Labute approximate surface area is 214 Å². The maximum absolute atomic E-state index is 13.6. The first-order valence-corrected chi connectivity index (χ1v) is 12.4. The fourth-order valence-corrected chi connectivity index (χ4v) is 5.06. The topological polar surface area (TPSA) is 91.2 Å². The lowest BCUT2D eigenvalue weighted by Crippen LogP contribution is -2.40. The number of halogens is 1. The van der Waals surface area contributed by atoms with Gasteiger partial charge in [-0.3, -0.25) is 9.36 Å². The molecule has 0 radical (unpaired) electrons. The zero-order valence-corrected chi connectivity index (χ0v) is 22.0. The number of nitrogens with zero attached hydrogens (tertiary/aromatic N) is 2. The molecule has 0 unspecified atom stereocenters. The summed E-state index contributed by atoms with van der Waals surface area (Å²) in [7, 11) is 3.08. The van der Waals surface area contributed by atoms with Gasteiger partial charge in [-0.25, -0.2) is 9.79 Å². The summed E-state index contributed by atoms with van der Waals surface area (Å²) in [6.45, 7) is 3.69. The largest absolute Gasteiger partial charge is 0.493 e. The predicted octanol–water partition coefficient (Wildman–Crippen LogP) is 3.60. The van der Waals surface area contributed by atoms with Gasteiger partial charge in [-0.2, -0.15) is 0 Å². The van der Waals surface area contributed by atoms with E-state index in [1.54, 1.807) is 45.4 Å². The second kappa shape index (κ2) is 10.5. The van der Waals surface area contributed by atoms with Gasteiger partial charge in [0.2, 0.25) is 0 Å². The molecule has 1 aromatic heterocycles. The van der Waals surface area contributed by atoms with Crippen molar-refractivity contribution in [2.45, 2.75) is 19.9 Å². The predicted molar refractivity (Wildman–Crippen MR) is 139 cm³/mol. The molecule has 1 aliphatic rings. The Morgan fingerprint density at radius 3 is 2.54 bits per heavy atom. The third-order valence-corrected chi connectivity index (χ3v) is 6.97. The van der Waals surface area contributed by atoms with Gasteiger partial charge in [0.05, 0.1) is 38.1 Å². The van der Waals surface area contributed by atoms with Crippen molar-refractivity contribution in [1.82, 2.24) is 4.57 Å². The number of thiazole rings is 1. The molecule has 0 fully saturated rings. The molecule has 3 aromatic rings. The van der Waals surface area contributed by atoms with E-state index in [2.05, 4.69) is 26.2 Å². The summed E-state index contributed by atoms with van der Waals surface area (Å²) in [5, 5.41) is 3.16. The minimum absolute atomic E-state index is 0.204. The molecule has 0 bridgehead atoms. The van der Waals surface area contributed by atoms with Gasteiger partial charge >= 0.3 is 5.97 Å². The lowest BCUT2D eigenvalue weighted by Gasteiger charge is -2.25. The van der Waals surface area contributed by atoms with Crippen molar-refractivity contribution in [1.29, 1.82) is 0 Å². The summed E-state index contributed by atoms with van der Waals surface area (Å²) in [4.78, 5) is 31.7. The number of esters is 1. The minimum Gasteiger partial charge on any atom is -0.493 e. The Morgan fingerprint density at radius 1 is 1.17 bits per heavy atom. The second-order valence-corrected chi connectivity index (χ2v) is 9.49. The molecule has 1 atom stereocenters. The number of hydrogen-bond donors (Lipinski definition) is 1. The van der Waals surface area contributed by atoms with Crippen molar-refractivity contribution in [3.63, 3.8) is 0 Å². The van der Waals surface area contributed by atoms with E-state index in [1.807, 2.05) is 24.3 Å². The first-order valence-electron chi connectivity index (χ1n) is 10.8. The lowest BCUT2D eigenvalue weighted by molar-refractivity contribution is -0.139. The van der Waals surface area contributed by atoms with E-state index < -0.39 is 12.0 Å². The van der Waals surface area contributed by atoms with Gasteiger partial charge in [0, 0.05) is 16.4 Å². The van der Waals surface area contributed by atoms with E-state index in [0.29, 0.717) is 37.7 Å². The van der Waals surface area contributed by atoms with Crippen molar-refractivity contribution in [2.24, 2.45) is 4.99 Å². The summed E-state index contributed by atoms with van der Waals surface area (Å²) in [5.41, 5.74) is 2.04. The molecule has 8 nitrogen and oxygen atoms in total. The van der Waals surface area contributed by atoms with Gasteiger partial charge < -0.3 is 19.5 Å². The highest BCUT2D eigenvalue weighted by molar-refractivity contribution is 9.10. The number of aromatic nitrogens is 1. The fourth-order valence-electron chi connectivity index (χ4n) is 3.82. The molecule has 0 amide bonds. The van der Waals surface area contributed by atoms with Crippen LogP contribution < -0.4 is 29.7 Å². The van der Waals surface area contributed by atoms with Crippen molar-refractivity contribution in [2.75, 3.05) is 26.1 Å². The molecule has 0 spiro atoms. The first kappa shape index (κ1) is 24.7. The van der Waals surface area contributed by atoms with Crippen LogP contribution in [-0.4, -0.2) is 31.4 Å². The van der Waals surface area contributed by atoms with Crippen LogP contribution in [-0.2, 0) is 9.53 Å². The molecule has 1 aliphatic heterocycles. The maximum atomic E-state index is 13.6. The molecular formula is C25H24BrN3O5S. The highest BCUT2D eigenvalue weighted by atomic mass is 79.9. The zero-order chi connectivity index (χ0) is 25.1. The zero-order valence-electron chi connectivity index (χ0n) is 19.6. The molecule has 0 saturated carbocycles. The number of hydrogen-bond acceptors (Lipinski definition) is 8. The molecule has 2 heterocycles. The molecule has 182 valence electrons. The van der Waals surface area contributed by atoms with Gasteiger partial charge in [0.1, 0.15) is 4.53 Å². The average molecular weight is 558 g/mol. The number of ether oxygens (including phenoxy) is 3. The van der Waals surface area contributed by atoms with Gasteiger partial charge in [0.15, 0.2) is 16.3 Å². The number of methoxy groups -OCH3 is 2. The van der Waals surface area contributed by atoms with Crippen LogP contribution in [0.2, 0.25) is 0 Å². The summed E-state index contributed by atoms with van der Waals surface area (Å²) in [5.74, 6) is 0.512. The molecule has 2 aromatic carbocycles. The maximum Gasteiger partial charge on any atom is 0.338 e. The standard InChI is InChI=1S/C25H24BrN3O5S/c1-5-34-24(31)21-14(2)28-25-29(22(21)15-6-11-18(32-3)19(12-15)33-4)23(30)20(35-25)13-27-17-9-7-16(26)8-10-17/h6-13,22,27H,5H2,1-4H3/b20-13-/t22-/m0/s1. The van der Waals surface area contributed by atoms with Gasteiger partial charge in [-0.05, 0) is 55.8 Å². The van der Waals surface area contributed by atoms with E-state index in [4.69, 9.17) is 14.2 Å². The number of anilines is 1. The third kappa shape index (κ3) is 4.89. The number of benzene rings is 2. The van der Waals surface area contributed by atoms with Crippen molar-refractivity contribution in [3.8, 4) is 11.5 Å². The van der Waals surface area contributed by atoms with Crippen LogP contribution in [0.3, 0.4) is 0 Å². The Hall–Kier alpha value is -3.37. The molecule has 0 saturated heterocycles. The highest BCUT2D eigenvalue weighted by Crippen LogP contribution is 2.36. The smallest absolute Gasteiger partial charge is 0.338 e. The van der Waals surface area contributed by atoms with Crippen LogP contribution in [0.15, 0.2) is 68.0 Å². The number of carbonyl (C=O) groups is 1.